The number of rotatable bonds is 3. The highest BCUT2D eigenvalue weighted by Gasteiger charge is 2.19. The van der Waals surface area contributed by atoms with Gasteiger partial charge in [0.15, 0.2) is 0 Å². The smallest absolute Gasteiger partial charge is 0.229 e. The SMILES string of the molecule is Cc1nn(C)c(C)c1CC(=O)Nc1ccc2c(c1F)CCNC2. The molecule has 2 aromatic rings. The van der Waals surface area contributed by atoms with E-state index in [-0.39, 0.29) is 23.8 Å². The van der Waals surface area contributed by atoms with Gasteiger partial charge in [-0.25, -0.2) is 4.39 Å². The van der Waals surface area contributed by atoms with Gasteiger partial charge in [-0.05, 0) is 44.0 Å². The highest BCUT2D eigenvalue weighted by Crippen LogP contribution is 2.25. The van der Waals surface area contributed by atoms with Gasteiger partial charge in [0, 0.05) is 24.8 Å². The van der Waals surface area contributed by atoms with Crippen molar-refractivity contribution in [1.82, 2.24) is 15.1 Å². The number of aryl methyl sites for hydroxylation is 2. The quantitative estimate of drug-likeness (QED) is 0.910. The number of aromatic nitrogens is 2. The third-order valence-corrected chi connectivity index (χ3v) is 4.48. The molecule has 0 aliphatic carbocycles. The molecule has 5 nitrogen and oxygen atoms in total. The van der Waals surface area contributed by atoms with Gasteiger partial charge in [0.1, 0.15) is 5.82 Å². The van der Waals surface area contributed by atoms with Gasteiger partial charge in [0.05, 0.1) is 17.8 Å². The number of carbonyl (C=O) groups excluding carboxylic acids is 1. The van der Waals surface area contributed by atoms with Gasteiger partial charge in [-0.2, -0.15) is 5.10 Å². The maximum atomic E-state index is 14.6. The third-order valence-electron chi connectivity index (χ3n) is 4.48. The highest BCUT2D eigenvalue weighted by molar-refractivity contribution is 5.92. The molecule has 1 aromatic heterocycles. The van der Waals surface area contributed by atoms with E-state index in [0.717, 1.165) is 29.1 Å². The fourth-order valence-corrected chi connectivity index (χ4v) is 3.06. The Morgan fingerprint density at radius 2 is 2.22 bits per heavy atom. The van der Waals surface area contributed by atoms with Crippen molar-refractivity contribution in [2.75, 3.05) is 11.9 Å². The first-order valence-electron chi connectivity index (χ1n) is 7.77. The molecule has 0 saturated heterocycles. The molecule has 0 atom stereocenters. The van der Waals surface area contributed by atoms with Crippen LogP contribution in [0.15, 0.2) is 12.1 Å². The first-order chi connectivity index (χ1) is 11.0. The van der Waals surface area contributed by atoms with E-state index in [4.69, 9.17) is 0 Å². The second-order valence-electron chi connectivity index (χ2n) is 5.99. The Kier molecular flexibility index (Phi) is 4.17. The second kappa shape index (κ2) is 6.12. The minimum atomic E-state index is -0.308. The summed E-state index contributed by atoms with van der Waals surface area (Å²) in [7, 11) is 1.85. The molecular formula is C17H21FN4O. The average molecular weight is 316 g/mol. The Balaban J connectivity index is 1.78. The minimum Gasteiger partial charge on any atom is -0.323 e. The molecule has 122 valence electrons. The predicted molar refractivity (Wildman–Crippen MR) is 86.8 cm³/mol. The molecule has 0 bridgehead atoms. The molecule has 1 aliphatic heterocycles. The topological polar surface area (TPSA) is 59.0 Å². The minimum absolute atomic E-state index is 0.198. The second-order valence-corrected chi connectivity index (χ2v) is 5.99. The normalized spacial score (nSPS) is 13.7. The Bertz CT molecular complexity index is 766. The lowest BCUT2D eigenvalue weighted by Gasteiger charge is -2.19. The van der Waals surface area contributed by atoms with Gasteiger partial charge in [0.2, 0.25) is 5.91 Å². The number of hydrogen-bond acceptors (Lipinski definition) is 3. The molecule has 23 heavy (non-hydrogen) atoms. The summed E-state index contributed by atoms with van der Waals surface area (Å²) in [6, 6.07) is 3.52. The van der Waals surface area contributed by atoms with Crippen molar-refractivity contribution >= 4 is 11.6 Å². The van der Waals surface area contributed by atoms with Crippen molar-refractivity contribution in [3.05, 3.63) is 46.0 Å². The van der Waals surface area contributed by atoms with Crippen molar-refractivity contribution < 1.29 is 9.18 Å². The van der Waals surface area contributed by atoms with Crippen LogP contribution in [0.2, 0.25) is 0 Å². The number of carbonyl (C=O) groups is 1. The van der Waals surface area contributed by atoms with Crippen molar-refractivity contribution in [2.24, 2.45) is 7.05 Å². The summed E-state index contributed by atoms with van der Waals surface area (Å²) in [6.07, 6.45) is 0.843. The Morgan fingerprint density at radius 3 is 2.91 bits per heavy atom. The molecule has 0 saturated carbocycles. The number of fused-ring (bicyclic) bond motifs is 1. The van der Waals surface area contributed by atoms with Crippen LogP contribution in [-0.4, -0.2) is 22.2 Å². The highest BCUT2D eigenvalue weighted by atomic mass is 19.1. The fraction of sp³-hybridized carbons (Fsp3) is 0.412. The summed E-state index contributed by atoms with van der Waals surface area (Å²) in [5.74, 6) is -0.533. The molecule has 2 N–H and O–H groups in total. The molecule has 0 unspecified atom stereocenters. The Hall–Kier alpha value is -2.21. The first-order valence-corrected chi connectivity index (χ1v) is 7.77. The number of nitrogens with one attached hydrogen (secondary N) is 2. The molecule has 0 radical (unpaired) electrons. The van der Waals surface area contributed by atoms with Crippen LogP contribution >= 0.6 is 0 Å². The summed E-state index contributed by atoms with van der Waals surface area (Å²) >= 11 is 0. The molecule has 3 rings (SSSR count). The van der Waals surface area contributed by atoms with Gasteiger partial charge in [-0.15, -0.1) is 0 Å². The standard InChI is InChI=1S/C17H21FN4O/c1-10-14(11(2)22(3)21-10)8-16(23)20-15-5-4-12-9-19-7-6-13(12)17(15)18/h4-5,19H,6-9H2,1-3H3,(H,20,23). The van der Waals surface area contributed by atoms with Gasteiger partial charge in [-0.1, -0.05) is 6.07 Å². The van der Waals surface area contributed by atoms with Crippen molar-refractivity contribution in [1.29, 1.82) is 0 Å². The van der Waals surface area contributed by atoms with Gasteiger partial charge < -0.3 is 10.6 Å². The number of benzene rings is 1. The van der Waals surface area contributed by atoms with Crippen LogP contribution in [0.4, 0.5) is 10.1 Å². The van der Waals surface area contributed by atoms with E-state index in [1.807, 2.05) is 27.0 Å². The zero-order valence-electron chi connectivity index (χ0n) is 13.7. The fourth-order valence-electron chi connectivity index (χ4n) is 3.06. The van der Waals surface area contributed by atoms with Gasteiger partial charge in [-0.3, -0.25) is 9.48 Å². The molecule has 1 aliphatic rings. The average Bonchev–Trinajstić information content (AvgIpc) is 2.77. The first kappa shape index (κ1) is 15.7. The van der Waals surface area contributed by atoms with Crippen LogP contribution < -0.4 is 10.6 Å². The Labute approximate surface area is 134 Å². The number of anilines is 1. The van der Waals surface area contributed by atoms with Crippen molar-refractivity contribution in [2.45, 2.75) is 33.2 Å². The summed E-state index contributed by atoms with van der Waals surface area (Å²) < 4.78 is 16.3. The number of amides is 1. The van der Waals surface area contributed by atoms with Crippen LogP contribution in [-0.2, 0) is 31.2 Å². The van der Waals surface area contributed by atoms with Crippen molar-refractivity contribution in [3.8, 4) is 0 Å². The molecule has 0 spiro atoms. The lowest BCUT2D eigenvalue weighted by Crippen LogP contribution is -2.25. The summed E-state index contributed by atoms with van der Waals surface area (Å²) in [5.41, 5.74) is 4.61. The third kappa shape index (κ3) is 2.99. The van der Waals surface area contributed by atoms with E-state index in [9.17, 15) is 9.18 Å². The predicted octanol–water partition coefficient (Wildman–Crippen LogP) is 2.00. The molecule has 0 fully saturated rings. The molecular weight excluding hydrogens is 295 g/mol. The van der Waals surface area contributed by atoms with Crippen LogP contribution in [0, 0.1) is 19.7 Å². The summed E-state index contributed by atoms with van der Waals surface area (Å²) in [6.45, 7) is 5.24. The lowest BCUT2D eigenvalue weighted by molar-refractivity contribution is -0.115. The van der Waals surface area contributed by atoms with E-state index in [1.165, 1.54) is 0 Å². The van der Waals surface area contributed by atoms with Crippen LogP contribution in [0.1, 0.15) is 28.1 Å². The van der Waals surface area contributed by atoms with Gasteiger partial charge in [0.25, 0.3) is 0 Å². The molecule has 2 heterocycles. The monoisotopic (exact) mass is 316 g/mol. The molecule has 6 heteroatoms. The largest absolute Gasteiger partial charge is 0.323 e. The maximum absolute atomic E-state index is 14.6. The number of nitrogens with zero attached hydrogens (tertiary/aromatic N) is 2. The van der Waals surface area contributed by atoms with Crippen LogP contribution in [0.3, 0.4) is 0 Å². The van der Waals surface area contributed by atoms with Crippen molar-refractivity contribution in [3.63, 3.8) is 0 Å². The molecule has 1 amide bonds. The zero-order chi connectivity index (χ0) is 16.6. The van der Waals surface area contributed by atoms with Crippen LogP contribution in [0.5, 0.6) is 0 Å². The summed E-state index contributed by atoms with van der Waals surface area (Å²) in [4.78, 5) is 12.3. The maximum Gasteiger partial charge on any atom is 0.229 e. The lowest BCUT2D eigenvalue weighted by atomic mass is 9.99. The van der Waals surface area contributed by atoms with E-state index < -0.39 is 0 Å². The number of hydrogen-bond donors (Lipinski definition) is 2. The van der Waals surface area contributed by atoms with E-state index in [1.54, 1.807) is 10.7 Å². The Morgan fingerprint density at radius 1 is 1.43 bits per heavy atom. The zero-order valence-corrected chi connectivity index (χ0v) is 13.7. The van der Waals surface area contributed by atoms with E-state index >= 15 is 0 Å². The number of halogens is 1. The molecule has 1 aromatic carbocycles. The van der Waals surface area contributed by atoms with Gasteiger partial charge >= 0.3 is 0 Å². The summed E-state index contributed by atoms with van der Waals surface area (Å²) in [5, 5.41) is 10.2. The van der Waals surface area contributed by atoms with E-state index in [0.29, 0.717) is 18.5 Å². The van der Waals surface area contributed by atoms with E-state index in [2.05, 4.69) is 15.7 Å². The van der Waals surface area contributed by atoms with Crippen LogP contribution in [0.25, 0.3) is 0 Å².